The fourth-order valence-corrected chi connectivity index (χ4v) is 8.41. The molecule has 0 saturated heterocycles. The van der Waals surface area contributed by atoms with Crippen molar-refractivity contribution in [2.75, 3.05) is 4.90 Å². The van der Waals surface area contributed by atoms with Crippen molar-refractivity contribution >= 4 is 92.1 Å². The maximum atomic E-state index is 6.53. The molecule has 0 atom stereocenters. The molecule has 0 bridgehead atoms. The number of fused-ring (bicyclic) bond motifs is 10. The number of furan rings is 1. The van der Waals surface area contributed by atoms with Crippen molar-refractivity contribution in [2.45, 2.75) is 0 Å². The van der Waals surface area contributed by atoms with Gasteiger partial charge in [0.2, 0.25) is 0 Å². The highest BCUT2D eigenvalue weighted by molar-refractivity contribution is 7.26. The van der Waals surface area contributed by atoms with E-state index in [1.54, 1.807) is 0 Å². The van der Waals surface area contributed by atoms with Crippen LogP contribution in [0.5, 0.6) is 0 Å². The normalized spacial score (nSPS) is 11.8. The van der Waals surface area contributed by atoms with Gasteiger partial charge in [-0.25, -0.2) is 0 Å². The number of hydrogen-bond acceptors (Lipinski definition) is 3. The Bertz CT molecular complexity index is 2790. The predicted molar refractivity (Wildman–Crippen MR) is 202 cm³/mol. The van der Waals surface area contributed by atoms with Gasteiger partial charge in [-0.2, -0.15) is 0 Å². The molecule has 2 heterocycles. The third kappa shape index (κ3) is 4.10. The zero-order chi connectivity index (χ0) is 30.9. The third-order valence-corrected chi connectivity index (χ3v) is 10.6. The van der Waals surface area contributed by atoms with Gasteiger partial charge < -0.3 is 9.32 Å². The number of hydrogen-bond donors (Lipinski definition) is 0. The Morgan fingerprint density at radius 1 is 0.426 bits per heavy atom. The lowest BCUT2D eigenvalue weighted by atomic mass is 9.98. The second-order valence-electron chi connectivity index (χ2n) is 12.1. The van der Waals surface area contributed by atoms with E-state index in [9.17, 15) is 0 Å². The second kappa shape index (κ2) is 10.3. The molecule has 0 aliphatic rings. The lowest BCUT2D eigenvalue weighted by molar-refractivity contribution is 0.673. The summed E-state index contributed by atoms with van der Waals surface area (Å²) in [6.45, 7) is 0. The van der Waals surface area contributed by atoms with E-state index >= 15 is 0 Å². The molecule has 220 valence electrons. The van der Waals surface area contributed by atoms with Crippen molar-refractivity contribution in [3.63, 3.8) is 0 Å². The van der Waals surface area contributed by atoms with Crippen molar-refractivity contribution in [3.05, 3.63) is 164 Å². The summed E-state index contributed by atoms with van der Waals surface area (Å²) in [6.07, 6.45) is 0. The van der Waals surface area contributed by atoms with E-state index in [0.717, 1.165) is 33.6 Å². The Kier molecular flexibility index (Phi) is 5.78. The Labute approximate surface area is 275 Å². The standard InChI is InChI=1S/C44H27NOS/c1-2-10-31(11-3-1)45(33-23-24-35-30(27-33)18-17-28-9-4-5-12-34(28)35)32-21-19-29(20-22-32)36-14-8-16-40-42(36)43-41(47-40)26-25-38-37-13-6-7-15-39(37)46-44(38)43/h1-27H. The van der Waals surface area contributed by atoms with Crippen molar-refractivity contribution in [1.82, 2.24) is 0 Å². The number of rotatable bonds is 4. The van der Waals surface area contributed by atoms with Gasteiger partial charge in [-0.15, -0.1) is 11.3 Å². The fraction of sp³-hybridized carbons (Fsp3) is 0. The second-order valence-corrected chi connectivity index (χ2v) is 13.2. The third-order valence-electron chi connectivity index (χ3n) is 9.44. The molecule has 10 aromatic rings. The molecule has 0 aliphatic heterocycles. The van der Waals surface area contributed by atoms with Crippen molar-refractivity contribution < 1.29 is 4.42 Å². The average Bonchev–Trinajstić information content (AvgIpc) is 3.71. The van der Waals surface area contributed by atoms with E-state index in [1.807, 2.05) is 17.4 Å². The zero-order valence-electron chi connectivity index (χ0n) is 25.4. The lowest BCUT2D eigenvalue weighted by Crippen LogP contribution is -2.09. The minimum Gasteiger partial charge on any atom is -0.455 e. The molecule has 0 aliphatic carbocycles. The number of thiophene rings is 1. The van der Waals surface area contributed by atoms with E-state index in [4.69, 9.17) is 4.42 Å². The van der Waals surface area contributed by atoms with Gasteiger partial charge >= 0.3 is 0 Å². The first-order valence-electron chi connectivity index (χ1n) is 15.9. The molecule has 10 rings (SSSR count). The number of anilines is 3. The van der Waals surface area contributed by atoms with Crippen LogP contribution in [0.25, 0.3) is 74.8 Å². The van der Waals surface area contributed by atoms with Gasteiger partial charge in [-0.1, -0.05) is 103 Å². The Morgan fingerprint density at radius 2 is 1.11 bits per heavy atom. The Hall–Kier alpha value is -5.90. The van der Waals surface area contributed by atoms with Gasteiger partial charge in [0.15, 0.2) is 0 Å². The van der Waals surface area contributed by atoms with Gasteiger partial charge in [0.1, 0.15) is 11.2 Å². The Balaban J connectivity index is 1.13. The minimum absolute atomic E-state index is 0.930. The van der Waals surface area contributed by atoms with Crippen LogP contribution in [0.2, 0.25) is 0 Å². The summed E-state index contributed by atoms with van der Waals surface area (Å²) >= 11 is 1.83. The lowest BCUT2D eigenvalue weighted by Gasteiger charge is -2.26. The van der Waals surface area contributed by atoms with Gasteiger partial charge in [0.25, 0.3) is 0 Å². The molecule has 0 fully saturated rings. The van der Waals surface area contributed by atoms with Crippen LogP contribution in [0.1, 0.15) is 0 Å². The molecule has 2 nitrogen and oxygen atoms in total. The predicted octanol–water partition coefficient (Wildman–Crippen LogP) is 13.4. The minimum atomic E-state index is 0.930. The van der Waals surface area contributed by atoms with Gasteiger partial charge in [0.05, 0.1) is 0 Å². The summed E-state index contributed by atoms with van der Waals surface area (Å²) in [4.78, 5) is 2.34. The van der Waals surface area contributed by atoms with Crippen molar-refractivity contribution in [3.8, 4) is 11.1 Å². The van der Waals surface area contributed by atoms with E-state index in [0.29, 0.717) is 0 Å². The van der Waals surface area contributed by atoms with Gasteiger partial charge in [0, 0.05) is 48.0 Å². The van der Waals surface area contributed by atoms with Crippen LogP contribution in [-0.4, -0.2) is 0 Å². The molecule has 0 N–H and O–H groups in total. The average molecular weight is 618 g/mol. The highest BCUT2D eigenvalue weighted by atomic mass is 32.1. The maximum Gasteiger partial charge on any atom is 0.144 e. The van der Waals surface area contributed by atoms with Crippen LogP contribution in [0, 0.1) is 0 Å². The molecule has 0 radical (unpaired) electrons. The SMILES string of the molecule is c1ccc(N(c2ccc(-c3cccc4sc5ccc6c7ccccc7oc6c5c34)cc2)c2ccc3c(ccc4ccccc43)c2)cc1. The van der Waals surface area contributed by atoms with E-state index in [1.165, 1.54) is 58.2 Å². The Morgan fingerprint density at radius 3 is 2.00 bits per heavy atom. The summed E-state index contributed by atoms with van der Waals surface area (Å²) in [5.41, 5.74) is 7.67. The number of nitrogens with zero attached hydrogens (tertiary/aromatic N) is 1. The molecule has 3 heteroatoms. The summed E-state index contributed by atoms with van der Waals surface area (Å²) in [5, 5.41) is 9.82. The van der Waals surface area contributed by atoms with E-state index in [-0.39, 0.29) is 0 Å². The highest BCUT2D eigenvalue weighted by Gasteiger charge is 2.19. The van der Waals surface area contributed by atoms with E-state index < -0.39 is 0 Å². The molecule has 0 amide bonds. The molecule has 2 aromatic heterocycles. The molecule has 0 spiro atoms. The smallest absolute Gasteiger partial charge is 0.144 e. The number of para-hydroxylation sites is 2. The summed E-state index contributed by atoms with van der Waals surface area (Å²) in [5.74, 6) is 0. The molecular formula is C44H27NOS. The van der Waals surface area contributed by atoms with E-state index in [2.05, 4.69) is 163 Å². The van der Waals surface area contributed by atoms with Crippen LogP contribution in [0.4, 0.5) is 17.1 Å². The summed E-state index contributed by atoms with van der Waals surface area (Å²) in [7, 11) is 0. The molecule has 0 unspecified atom stereocenters. The van der Waals surface area contributed by atoms with Crippen LogP contribution in [0.15, 0.2) is 168 Å². The fourth-order valence-electron chi connectivity index (χ4n) is 7.28. The van der Waals surface area contributed by atoms with Crippen molar-refractivity contribution in [1.29, 1.82) is 0 Å². The first-order chi connectivity index (χ1) is 23.3. The largest absolute Gasteiger partial charge is 0.455 e. The quantitative estimate of drug-likeness (QED) is 0.183. The first kappa shape index (κ1) is 26.3. The van der Waals surface area contributed by atoms with Crippen LogP contribution < -0.4 is 4.90 Å². The highest BCUT2D eigenvalue weighted by Crippen LogP contribution is 2.46. The maximum absolute atomic E-state index is 6.53. The van der Waals surface area contributed by atoms with Gasteiger partial charge in [-0.3, -0.25) is 0 Å². The van der Waals surface area contributed by atoms with Crippen LogP contribution in [0.3, 0.4) is 0 Å². The topological polar surface area (TPSA) is 16.4 Å². The monoisotopic (exact) mass is 617 g/mol. The molecular weight excluding hydrogens is 591 g/mol. The van der Waals surface area contributed by atoms with Crippen LogP contribution in [-0.2, 0) is 0 Å². The van der Waals surface area contributed by atoms with Crippen LogP contribution >= 0.6 is 11.3 Å². The van der Waals surface area contributed by atoms with Crippen molar-refractivity contribution in [2.24, 2.45) is 0 Å². The van der Waals surface area contributed by atoms with Gasteiger partial charge in [-0.05, 0) is 93.3 Å². The summed E-state index contributed by atoms with van der Waals surface area (Å²) < 4.78 is 9.04. The zero-order valence-corrected chi connectivity index (χ0v) is 26.2. The first-order valence-corrected chi connectivity index (χ1v) is 16.7. The molecule has 0 saturated carbocycles. The molecule has 47 heavy (non-hydrogen) atoms. The molecule has 8 aromatic carbocycles. The number of benzene rings is 8. The summed E-state index contributed by atoms with van der Waals surface area (Å²) in [6, 6.07) is 59.0.